The average molecular weight is 371 g/mol. The summed E-state index contributed by atoms with van der Waals surface area (Å²) in [6, 6.07) is 0.268. The number of rotatable bonds is 7. The maximum Gasteiger partial charge on any atom is 0.407 e. The summed E-state index contributed by atoms with van der Waals surface area (Å²) in [6.07, 6.45) is 0.758. The summed E-state index contributed by atoms with van der Waals surface area (Å²) in [5.74, 6) is 0.367. The lowest BCUT2D eigenvalue weighted by Gasteiger charge is -2.37. The Morgan fingerprint density at radius 1 is 1.15 bits per heavy atom. The van der Waals surface area contributed by atoms with Crippen molar-refractivity contribution in [3.63, 3.8) is 0 Å². The highest BCUT2D eigenvalue weighted by atomic mass is 16.6. The standard InChI is InChI=1S/C18H33N3O5/c1-18(2,3)26-17(23)19-6-4-16(22)20-12-15(14-5-9-25-13-14)21-7-10-24-11-8-21/h14-15H,4-13H2,1-3H3,(H,19,23)(H,20,22). The van der Waals surface area contributed by atoms with Crippen molar-refractivity contribution in [1.82, 2.24) is 15.5 Å². The van der Waals surface area contributed by atoms with Gasteiger partial charge in [-0.2, -0.15) is 0 Å². The van der Waals surface area contributed by atoms with Gasteiger partial charge in [0.1, 0.15) is 5.60 Å². The van der Waals surface area contributed by atoms with Crippen LogP contribution >= 0.6 is 0 Å². The van der Waals surface area contributed by atoms with Crippen LogP contribution in [-0.4, -0.2) is 81.1 Å². The molecule has 2 unspecified atom stereocenters. The zero-order chi connectivity index (χ0) is 19.0. The highest BCUT2D eigenvalue weighted by Gasteiger charge is 2.31. The molecule has 2 fully saturated rings. The fourth-order valence-corrected chi connectivity index (χ4v) is 3.26. The van der Waals surface area contributed by atoms with Crippen LogP contribution in [0.15, 0.2) is 0 Å². The predicted molar refractivity (Wildman–Crippen MR) is 97.0 cm³/mol. The van der Waals surface area contributed by atoms with Crippen LogP contribution in [0, 0.1) is 5.92 Å². The van der Waals surface area contributed by atoms with Gasteiger partial charge in [0.25, 0.3) is 0 Å². The van der Waals surface area contributed by atoms with E-state index in [-0.39, 0.29) is 24.9 Å². The highest BCUT2D eigenvalue weighted by Crippen LogP contribution is 2.21. The van der Waals surface area contributed by atoms with Gasteiger partial charge in [0.2, 0.25) is 5.91 Å². The summed E-state index contributed by atoms with van der Waals surface area (Å²) in [6.45, 7) is 11.0. The number of ether oxygens (including phenoxy) is 3. The van der Waals surface area contributed by atoms with Crippen LogP contribution in [0.1, 0.15) is 33.6 Å². The number of hydrogen-bond donors (Lipinski definition) is 2. The van der Waals surface area contributed by atoms with E-state index in [1.807, 2.05) is 0 Å². The Morgan fingerprint density at radius 3 is 2.50 bits per heavy atom. The molecule has 150 valence electrons. The third kappa shape index (κ3) is 7.47. The second-order valence-corrected chi connectivity index (χ2v) is 7.82. The van der Waals surface area contributed by atoms with E-state index in [2.05, 4.69) is 15.5 Å². The minimum atomic E-state index is -0.541. The summed E-state index contributed by atoms with van der Waals surface area (Å²) in [5.41, 5.74) is -0.541. The third-order valence-corrected chi connectivity index (χ3v) is 4.55. The minimum Gasteiger partial charge on any atom is -0.444 e. The molecule has 2 rings (SSSR count). The van der Waals surface area contributed by atoms with Crippen molar-refractivity contribution < 1.29 is 23.8 Å². The Morgan fingerprint density at radius 2 is 1.88 bits per heavy atom. The van der Waals surface area contributed by atoms with Crippen LogP contribution in [0.5, 0.6) is 0 Å². The van der Waals surface area contributed by atoms with Gasteiger partial charge in [-0.05, 0) is 27.2 Å². The van der Waals surface area contributed by atoms with Gasteiger partial charge in [0, 0.05) is 51.2 Å². The molecule has 0 saturated carbocycles. The van der Waals surface area contributed by atoms with Crippen LogP contribution in [0.3, 0.4) is 0 Å². The SMILES string of the molecule is CC(C)(C)OC(=O)NCCC(=O)NCC(C1CCOC1)N1CCOCC1. The van der Waals surface area contributed by atoms with Gasteiger partial charge < -0.3 is 24.8 Å². The predicted octanol–water partition coefficient (Wildman–Crippen LogP) is 0.755. The fraction of sp³-hybridized carbons (Fsp3) is 0.889. The summed E-state index contributed by atoms with van der Waals surface area (Å²) in [7, 11) is 0. The summed E-state index contributed by atoms with van der Waals surface area (Å²) in [5, 5.41) is 5.62. The van der Waals surface area contributed by atoms with Crippen LogP contribution in [0.25, 0.3) is 0 Å². The number of alkyl carbamates (subject to hydrolysis) is 1. The molecule has 8 nitrogen and oxygen atoms in total. The van der Waals surface area contributed by atoms with Gasteiger partial charge in [-0.15, -0.1) is 0 Å². The molecule has 0 radical (unpaired) electrons. The lowest BCUT2D eigenvalue weighted by Crippen LogP contribution is -2.52. The monoisotopic (exact) mass is 371 g/mol. The summed E-state index contributed by atoms with van der Waals surface area (Å²) >= 11 is 0. The lowest BCUT2D eigenvalue weighted by molar-refractivity contribution is -0.121. The van der Waals surface area contributed by atoms with Crippen molar-refractivity contribution in [3.05, 3.63) is 0 Å². The fourth-order valence-electron chi connectivity index (χ4n) is 3.26. The van der Waals surface area contributed by atoms with E-state index in [9.17, 15) is 9.59 Å². The molecular formula is C18H33N3O5. The van der Waals surface area contributed by atoms with Crippen molar-refractivity contribution in [3.8, 4) is 0 Å². The molecule has 0 spiro atoms. The van der Waals surface area contributed by atoms with Crippen molar-refractivity contribution in [1.29, 1.82) is 0 Å². The van der Waals surface area contributed by atoms with Gasteiger partial charge in [0.05, 0.1) is 19.8 Å². The first-order valence-corrected chi connectivity index (χ1v) is 9.48. The number of hydrogen-bond acceptors (Lipinski definition) is 6. The van der Waals surface area contributed by atoms with E-state index in [0.717, 1.165) is 45.9 Å². The smallest absolute Gasteiger partial charge is 0.407 e. The zero-order valence-corrected chi connectivity index (χ0v) is 16.2. The molecule has 0 bridgehead atoms. The Labute approximate surface area is 155 Å². The number of nitrogens with zero attached hydrogens (tertiary/aromatic N) is 1. The molecule has 0 aliphatic carbocycles. The van der Waals surface area contributed by atoms with Crippen molar-refractivity contribution >= 4 is 12.0 Å². The van der Waals surface area contributed by atoms with Crippen LogP contribution in [0.4, 0.5) is 4.79 Å². The van der Waals surface area contributed by atoms with Gasteiger partial charge in [-0.3, -0.25) is 9.69 Å². The Balaban J connectivity index is 1.71. The first-order valence-electron chi connectivity index (χ1n) is 9.48. The zero-order valence-electron chi connectivity index (χ0n) is 16.2. The molecule has 2 aliphatic rings. The maximum atomic E-state index is 12.1. The number of carbonyl (C=O) groups is 2. The van der Waals surface area contributed by atoms with Crippen molar-refractivity contribution in [2.24, 2.45) is 5.92 Å². The Hall–Kier alpha value is -1.38. The molecule has 26 heavy (non-hydrogen) atoms. The van der Waals surface area contributed by atoms with E-state index >= 15 is 0 Å². The topological polar surface area (TPSA) is 89.1 Å². The van der Waals surface area contributed by atoms with Crippen molar-refractivity contribution in [2.45, 2.75) is 45.3 Å². The first-order chi connectivity index (χ1) is 12.3. The van der Waals surface area contributed by atoms with E-state index in [1.165, 1.54) is 0 Å². The van der Waals surface area contributed by atoms with Gasteiger partial charge in [-0.25, -0.2) is 4.79 Å². The average Bonchev–Trinajstić information content (AvgIpc) is 3.08. The van der Waals surface area contributed by atoms with Gasteiger partial charge >= 0.3 is 6.09 Å². The molecule has 2 atom stereocenters. The van der Waals surface area contributed by atoms with Crippen molar-refractivity contribution in [2.75, 3.05) is 52.6 Å². The summed E-state index contributed by atoms with van der Waals surface area (Å²) < 4.78 is 16.1. The second-order valence-electron chi connectivity index (χ2n) is 7.82. The van der Waals surface area contributed by atoms with Gasteiger partial charge in [0.15, 0.2) is 0 Å². The normalized spacial score (nSPS) is 22.7. The Kier molecular flexibility index (Phi) is 8.12. The van der Waals surface area contributed by atoms with Crippen LogP contribution in [0.2, 0.25) is 0 Å². The third-order valence-electron chi connectivity index (χ3n) is 4.55. The van der Waals surface area contributed by atoms with Gasteiger partial charge in [-0.1, -0.05) is 0 Å². The minimum absolute atomic E-state index is 0.0711. The molecule has 0 aromatic carbocycles. The largest absolute Gasteiger partial charge is 0.444 e. The molecular weight excluding hydrogens is 338 g/mol. The summed E-state index contributed by atoms with van der Waals surface area (Å²) in [4.78, 5) is 26.1. The maximum absolute atomic E-state index is 12.1. The molecule has 0 aromatic heterocycles. The quantitative estimate of drug-likeness (QED) is 0.687. The van der Waals surface area contributed by atoms with Crippen LogP contribution in [-0.2, 0) is 19.0 Å². The number of carbonyl (C=O) groups excluding carboxylic acids is 2. The number of nitrogens with one attached hydrogen (secondary N) is 2. The Bertz CT molecular complexity index is 454. The van der Waals surface area contributed by atoms with E-state index in [4.69, 9.17) is 14.2 Å². The number of amides is 2. The lowest BCUT2D eigenvalue weighted by atomic mass is 9.97. The highest BCUT2D eigenvalue weighted by molar-refractivity contribution is 5.77. The van der Waals surface area contributed by atoms with E-state index in [1.54, 1.807) is 20.8 Å². The van der Waals surface area contributed by atoms with E-state index < -0.39 is 11.7 Å². The first kappa shape index (κ1) is 20.9. The van der Waals surface area contributed by atoms with Crippen LogP contribution < -0.4 is 10.6 Å². The molecule has 2 N–H and O–H groups in total. The molecule has 2 heterocycles. The molecule has 2 saturated heterocycles. The van der Waals surface area contributed by atoms with E-state index in [0.29, 0.717) is 12.5 Å². The molecule has 2 aliphatic heterocycles. The second kappa shape index (κ2) is 10.1. The molecule has 0 aromatic rings. The molecule has 8 heteroatoms. The molecule has 2 amide bonds. The number of morpholine rings is 1.